The summed E-state index contributed by atoms with van der Waals surface area (Å²) >= 11 is 5.93. The van der Waals surface area contributed by atoms with Crippen LogP contribution in [0.3, 0.4) is 0 Å². The molecular formula is C59H67Cl2N7O2. The fourth-order valence-corrected chi connectivity index (χ4v) is 10.1. The van der Waals surface area contributed by atoms with Crippen molar-refractivity contribution in [3.63, 3.8) is 0 Å². The van der Waals surface area contributed by atoms with Crippen LogP contribution in [0.1, 0.15) is 92.9 Å². The maximum Gasteiger partial charge on any atom is 0.221 e. The minimum absolute atomic E-state index is 0. The Kier molecular flexibility index (Phi) is 18.4. The van der Waals surface area contributed by atoms with Gasteiger partial charge in [0, 0.05) is 55.3 Å². The summed E-state index contributed by atoms with van der Waals surface area (Å²) in [5, 5.41) is 9.11. The zero-order chi connectivity index (χ0) is 48.1. The number of carbonyl (C=O) groups is 2. The third kappa shape index (κ3) is 13.5. The number of amides is 2. The number of benzene rings is 6. The van der Waals surface area contributed by atoms with Gasteiger partial charge in [0.1, 0.15) is 11.6 Å². The van der Waals surface area contributed by atoms with E-state index in [4.69, 9.17) is 21.6 Å². The highest BCUT2D eigenvalue weighted by molar-refractivity contribution is 6.17. The second kappa shape index (κ2) is 25.0. The SMILES string of the molecule is CC(=O)Nc1cccc(C2CCC(CCn3c(-c4ccc(C)cc4)nc4ccccc43)CC2)c1.CC(=O)Nc1cccc(C2CCNCC2)c1.Cc1ccc(-c2nc3ccccc3n2CCCl)cc1.Cl. The molecule has 0 unspecified atom stereocenters. The Labute approximate surface area is 424 Å². The van der Waals surface area contributed by atoms with Gasteiger partial charge in [-0.1, -0.05) is 108 Å². The molecule has 0 bridgehead atoms. The van der Waals surface area contributed by atoms with Crippen LogP contribution in [0.15, 0.2) is 146 Å². The lowest BCUT2D eigenvalue weighted by molar-refractivity contribution is -0.115. The summed E-state index contributed by atoms with van der Waals surface area (Å²) in [6.45, 7) is 11.3. The van der Waals surface area contributed by atoms with Gasteiger partial charge >= 0.3 is 0 Å². The number of imidazole rings is 2. The summed E-state index contributed by atoms with van der Waals surface area (Å²) in [4.78, 5) is 32.1. The van der Waals surface area contributed by atoms with E-state index < -0.39 is 0 Å². The third-order valence-electron chi connectivity index (χ3n) is 13.5. The fraction of sp³-hybridized carbons (Fsp3) is 0.322. The Morgan fingerprint density at radius 3 is 1.47 bits per heavy atom. The van der Waals surface area contributed by atoms with Gasteiger partial charge < -0.3 is 25.1 Å². The van der Waals surface area contributed by atoms with Crippen LogP contribution in [0.25, 0.3) is 44.8 Å². The monoisotopic (exact) mass is 975 g/mol. The predicted molar refractivity (Wildman–Crippen MR) is 293 cm³/mol. The first kappa shape index (κ1) is 51.6. The van der Waals surface area contributed by atoms with Gasteiger partial charge in [-0.15, -0.1) is 24.0 Å². The molecule has 3 N–H and O–H groups in total. The van der Waals surface area contributed by atoms with E-state index in [1.807, 2.05) is 36.4 Å². The number of nitrogens with one attached hydrogen (secondary N) is 3. The molecule has 0 atom stereocenters. The van der Waals surface area contributed by atoms with Crippen molar-refractivity contribution in [3.8, 4) is 22.8 Å². The summed E-state index contributed by atoms with van der Waals surface area (Å²) in [7, 11) is 0. The Balaban J connectivity index is 0.000000169. The molecule has 2 aromatic heterocycles. The van der Waals surface area contributed by atoms with Crippen LogP contribution in [0, 0.1) is 19.8 Å². The highest BCUT2D eigenvalue weighted by atomic mass is 35.5. The molecule has 2 aliphatic rings. The van der Waals surface area contributed by atoms with E-state index in [0.717, 1.165) is 77.2 Å². The zero-order valence-electron chi connectivity index (χ0n) is 41.0. The summed E-state index contributed by atoms with van der Waals surface area (Å²) in [5.41, 5.74) is 13.8. The Bertz CT molecular complexity index is 2950. The van der Waals surface area contributed by atoms with Gasteiger partial charge in [-0.3, -0.25) is 9.59 Å². The van der Waals surface area contributed by atoms with Crippen LogP contribution in [-0.4, -0.2) is 49.9 Å². The zero-order valence-corrected chi connectivity index (χ0v) is 42.5. The first-order valence-corrected chi connectivity index (χ1v) is 25.2. The van der Waals surface area contributed by atoms with Crippen LogP contribution in [0.2, 0.25) is 0 Å². The first-order valence-electron chi connectivity index (χ1n) is 24.7. The van der Waals surface area contributed by atoms with E-state index in [9.17, 15) is 9.59 Å². The minimum atomic E-state index is -0.0158. The standard InChI is InChI=1S/C30H33N3O.C16H15ClN2.C13H18N2O.ClH/c1-21-10-14-25(15-11-21)30-32-28-8-3-4-9-29(28)33(30)19-18-23-12-16-24(17-13-23)26-6-5-7-27(20-26)31-22(2)34;1-12-6-8-13(9-7-12)16-18-14-4-2-3-5-15(14)19(16)11-10-17;1-10(16)15-13-4-2-3-12(9-13)11-5-7-14-8-6-11;/h3-11,14-15,20,23-24H,12-13,16-19H2,1-2H3,(H,31,34);2-9H,10-11H2,1H3;2-4,9,11,14H,5-8H2,1H3,(H,15,16);1H. The molecule has 1 saturated carbocycles. The first-order chi connectivity index (χ1) is 33.6. The lowest BCUT2D eigenvalue weighted by Crippen LogP contribution is -2.26. The topological polar surface area (TPSA) is 106 Å². The summed E-state index contributed by atoms with van der Waals surface area (Å²) in [5.74, 6) is 4.57. The summed E-state index contributed by atoms with van der Waals surface area (Å²) in [6, 6.07) is 50.4. The number of para-hydroxylation sites is 4. The van der Waals surface area contributed by atoms with E-state index in [2.05, 4.69) is 148 Å². The Hall–Kier alpha value is -6.26. The molecule has 364 valence electrons. The summed E-state index contributed by atoms with van der Waals surface area (Å²) in [6.07, 6.45) is 8.47. The molecular weight excluding hydrogens is 910 g/mol. The van der Waals surface area contributed by atoms with Crippen molar-refractivity contribution in [1.82, 2.24) is 24.4 Å². The molecule has 1 saturated heterocycles. The number of alkyl halides is 1. The number of hydrogen-bond donors (Lipinski definition) is 3. The highest BCUT2D eigenvalue weighted by Crippen LogP contribution is 2.39. The van der Waals surface area contributed by atoms with Crippen molar-refractivity contribution in [1.29, 1.82) is 0 Å². The minimum Gasteiger partial charge on any atom is -0.326 e. The number of fused-ring (bicyclic) bond motifs is 2. The number of anilines is 2. The van der Waals surface area contributed by atoms with Crippen LogP contribution >= 0.6 is 24.0 Å². The van der Waals surface area contributed by atoms with Gasteiger partial charge in [-0.2, -0.15) is 0 Å². The fourth-order valence-electron chi connectivity index (χ4n) is 9.93. The van der Waals surface area contributed by atoms with E-state index in [-0.39, 0.29) is 24.2 Å². The van der Waals surface area contributed by atoms with Gasteiger partial charge in [-0.25, -0.2) is 9.97 Å². The normalized spacial score (nSPS) is 15.7. The maximum absolute atomic E-state index is 11.4. The van der Waals surface area contributed by atoms with Crippen molar-refractivity contribution >= 4 is 69.3 Å². The van der Waals surface area contributed by atoms with E-state index in [0.29, 0.717) is 17.7 Å². The summed E-state index contributed by atoms with van der Waals surface area (Å²) < 4.78 is 4.61. The van der Waals surface area contributed by atoms with Gasteiger partial charge in [0.05, 0.1) is 22.1 Å². The van der Waals surface area contributed by atoms with Crippen molar-refractivity contribution in [2.45, 2.75) is 97.6 Å². The number of halogens is 2. The highest BCUT2D eigenvalue weighted by Gasteiger charge is 2.24. The molecule has 3 heterocycles. The van der Waals surface area contributed by atoms with Crippen molar-refractivity contribution in [2.75, 3.05) is 29.6 Å². The molecule has 8 aromatic rings. The Morgan fingerprint density at radius 2 is 1.01 bits per heavy atom. The third-order valence-corrected chi connectivity index (χ3v) is 13.7. The lowest BCUT2D eigenvalue weighted by atomic mass is 9.77. The predicted octanol–water partition coefficient (Wildman–Crippen LogP) is 14.1. The van der Waals surface area contributed by atoms with E-state index in [1.165, 1.54) is 85.2 Å². The Morgan fingerprint density at radius 1 is 0.571 bits per heavy atom. The number of aryl methyl sites for hydroxylation is 4. The molecule has 11 heteroatoms. The molecule has 6 aromatic carbocycles. The molecule has 2 fully saturated rings. The van der Waals surface area contributed by atoms with Crippen molar-refractivity contribution in [2.24, 2.45) is 5.92 Å². The smallest absolute Gasteiger partial charge is 0.221 e. The molecule has 70 heavy (non-hydrogen) atoms. The second-order valence-electron chi connectivity index (χ2n) is 18.7. The second-order valence-corrected chi connectivity index (χ2v) is 19.1. The average Bonchev–Trinajstić information content (AvgIpc) is 3.93. The van der Waals surface area contributed by atoms with Gasteiger partial charge in [0.15, 0.2) is 0 Å². The average molecular weight is 977 g/mol. The van der Waals surface area contributed by atoms with E-state index in [1.54, 1.807) is 6.92 Å². The molecule has 1 aliphatic heterocycles. The van der Waals surface area contributed by atoms with Crippen molar-refractivity contribution < 1.29 is 9.59 Å². The number of aromatic nitrogens is 4. The number of rotatable bonds is 11. The molecule has 1 aliphatic carbocycles. The number of nitrogens with zero attached hydrogens (tertiary/aromatic N) is 4. The maximum atomic E-state index is 11.4. The molecule has 9 nitrogen and oxygen atoms in total. The van der Waals surface area contributed by atoms with Crippen molar-refractivity contribution in [3.05, 3.63) is 168 Å². The van der Waals surface area contributed by atoms with Gasteiger partial charge in [-0.05, 0) is 149 Å². The molecule has 10 rings (SSSR count). The van der Waals surface area contributed by atoms with Crippen LogP contribution in [-0.2, 0) is 22.7 Å². The number of piperidine rings is 1. The van der Waals surface area contributed by atoms with Crippen LogP contribution in [0.5, 0.6) is 0 Å². The molecule has 2 amide bonds. The van der Waals surface area contributed by atoms with Gasteiger partial charge in [0.25, 0.3) is 0 Å². The quantitative estimate of drug-likeness (QED) is 0.112. The number of carbonyl (C=O) groups excluding carboxylic acids is 2. The molecule has 0 radical (unpaired) electrons. The van der Waals surface area contributed by atoms with Crippen LogP contribution in [0.4, 0.5) is 11.4 Å². The van der Waals surface area contributed by atoms with Gasteiger partial charge in [0.2, 0.25) is 11.8 Å². The molecule has 0 spiro atoms. The van der Waals surface area contributed by atoms with Crippen LogP contribution < -0.4 is 16.0 Å². The lowest BCUT2D eigenvalue weighted by Gasteiger charge is -2.29. The number of hydrogen-bond acceptors (Lipinski definition) is 5. The largest absolute Gasteiger partial charge is 0.326 e. The van der Waals surface area contributed by atoms with E-state index >= 15 is 0 Å².